The Kier molecular flexibility index (Phi) is 7.37. The normalized spacial score (nSPS) is 17.9. The molecule has 3 amide bonds. The van der Waals surface area contributed by atoms with E-state index < -0.39 is 23.8 Å². The van der Waals surface area contributed by atoms with Gasteiger partial charge in [0.1, 0.15) is 23.5 Å². The van der Waals surface area contributed by atoms with Crippen molar-refractivity contribution in [2.24, 2.45) is 13.0 Å². The number of rotatable bonds is 8. The summed E-state index contributed by atoms with van der Waals surface area (Å²) in [5.74, 6) is -1.61. The molecular weight excluding hydrogens is 475 g/mol. The van der Waals surface area contributed by atoms with Crippen molar-refractivity contribution in [2.45, 2.75) is 45.1 Å². The van der Waals surface area contributed by atoms with Gasteiger partial charge in [-0.2, -0.15) is 5.10 Å². The van der Waals surface area contributed by atoms with Crippen LogP contribution in [0.25, 0.3) is 0 Å². The molecule has 10 heteroatoms. The van der Waals surface area contributed by atoms with Crippen LogP contribution in [0.1, 0.15) is 42.4 Å². The first kappa shape index (κ1) is 26.0. The Morgan fingerprint density at radius 1 is 1.19 bits per heavy atom. The van der Waals surface area contributed by atoms with E-state index in [-0.39, 0.29) is 30.5 Å². The Balaban J connectivity index is 1.61. The number of hydrogen-bond donors (Lipinski definition) is 1. The summed E-state index contributed by atoms with van der Waals surface area (Å²) in [6.45, 7) is 3.61. The van der Waals surface area contributed by atoms with E-state index in [1.807, 2.05) is 6.92 Å². The third-order valence-corrected chi connectivity index (χ3v) is 7.07. The van der Waals surface area contributed by atoms with E-state index in [9.17, 15) is 18.8 Å². The number of hydrogen-bond acceptors (Lipinski definition) is 6. The molecule has 2 aromatic heterocycles. The van der Waals surface area contributed by atoms with Crippen molar-refractivity contribution in [1.82, 2.24) is 19.7 Å². The van der Waals surface area contributed by atoms with Crippen LogP contribution in [0.4, 0.5) is 16.0 Å². The number of β-lactam (4-membered cyclic amide) rings is 1. The smallest absolute Gasteiger partial charge is 0.252 e. The first-order valence-electron chi connectivity index (χ1n) is 12.2. The van der Waals surface area contributed by atoms with Crippen LogP contribution in [0, 0.1) is 18.7 Å². The van der Waals surface area contributed by atoms with Crippen molar-refractivity contribution in [3.63, 3.8) is 0 Å². The quantitative estimate of drug-likeness (QED) is 0.470. The van der Waals surface area contributed by atoms with Gasteiger partial charge in [-0.15, -0.1) is 0 Å². The molecule has 37 heavy (non-hydrogen) atoms. The van der Waals surface area contributed by atoms with Crippen LogP contribution in [0.2, 0.25) is 0 Å². The Morgan fingerprint density at radius 2 is 1.95 bits per heavy atom. The van der Waals surface area contributed by atoms with Crippen molar-refractivity contribution in [3.8, 4) is 0 Å². The monoisotopic (exact) mass is 506 g/mol. The van der Waals surface area contributed by atoms with Gasteiger partial charge in [-0.3, -0.25) is 28.9 Å². The van der Waals surface area contributed by atoms with Crippen molar-refractivity contribution in [3.05, 3.63) is 71.3 Å². The number of nitrogens with two attached hydrogens (primary N) is 1. The third-order valence-electron chi connectivity index (χ3n) is 7.07. The molecule has 1 aliphatic heterocycles. The molecular formula is C27H31FN6O3. The van der Waals surface area contributed by atoms with E-state index in [0.717, 1.165) is 16.0 Å². The third kappa shape index (κ3) is 5.09. The van der Waals surface area contributed by atoms with E-state index in [1.54, 1.807) is 68.4 Å². The van der Waals surface area contributed by atoms with Crippen LogP contribution in [0.15, 0.2) is 48.8 Å². The Morgan fingerprint density at radius 3 is 2.57 bits per heavy atom. The maximum Gasteiger partial charge on any atom is 0.252 e. The largest absolute Gasteiger partial charge is 0.384 e. The van der Waals surface area contributed by atoms with Gasteiger partial charge in [0.15, 0.2) is 0 Å². The van der Waals surface area contributed by atoms with Gasteiger partial charge >= 0.3 is 0 Å². The Labute approximate surface area is 215 Å². The molecule has 0 unspecified atom stereocenters. The zero-order valence-electron chi connectivity index (χ0n) is 21.4. The summed E-state index contributed by atoms with van der Waals surface area (Å²) >= 11 is 0. The molecule has 0 radical (unpaired) electrons. The molecule has 1 fully saturated rings. The molecule has 0 saturated carbocycles. The minimum Gasteiger partial charge on any atom is -0.384 e. The van der Waals surface area contributed by atoms with Crippen LogP contribution in [-0.4, -0.2) is 50.5 Å². The van der Waals surface area contributed by atoms with E-state index in [1.165, 1.54) is 11.0 Å². The molecule has 0 bridgehead atoms. The number of pyridine rings is 1. The number of nitrogens with zero attached hydrogens (tertiary/aromatic N) is 5. The lowest BCUT2D eigenvalue weighted by Crippen LogP contribution is -2.69. The predicted molar refractivity (Wildman–Crippen MR) is 137 cm³/mol. The maximum atomic E-state index is 13.8. The van der Waals surface area contributed by atoms with Gasteiger partial charge in [-0.1, -0.05) is 19.1 Å². The SMILES string of the molecule is CC[C@@H](CC(=O)N1C(=O)[C@H](Cc2ccnc(N)c2)[C@H]1C(=O)N(C)c1ccnn1C)c1ccc(F)c(C)c1. The summed E-state index contributed by atoms with van der Waals surface area (Å²) in [7, 11) is 3.31. The van der Waals surface area contributed by atoms with Gasteiger partial charge in [0.05, 0.1) is 12.1 Å². The fraction of sp³-hybridized carbons (Fsp3) is 0.370. The number of likely N-dealkylation sites (tertiary alicyclic amines) is 1. The fourth-order valence-corrected chi connectivity index (χ4v) is 4.92. The van der Waals surface area contributed by atoms with E-state index in [2.05, 4.69) is 10.1 Å². The lowest BCUT2D eigenvalue weighted by atomic mass is 9.80. The molecule has 1 aromatic carbocycles. The fourth-order valence-electron chi connectivity index (χ4n) is 4.92. The second-order valence-corrected chi connectivity index (χ2v) is 9.47. The maximum absolute atomic E-state index is 13.8. The predicted octanol–water partition coefficient (Wildman–Crippen LogP) is 2.99. The first-order valence-corrected chi connectivity index (χ1v) is 12.2. The van der Waals surface area contributed by atoms with Gasteiger partial charge < -0.3 is 5.73 Å². The number of amides is 3. The summed E-state index contributed by atoms with van der Waals surface area (Å²) < 4.78 is 15.3. The highest BCUT2D eigenvalue weighted by atomic mass is 19.1. The second-order valence-electron chi connectivity index (χ2n) is 9.47. The molecule has 194 valence electrons. The number of likely N-dealkylation sites (N-methyl/N-ethyl adjacent to an activating group) is 1. The summed E-state index contributed by atoms with van der Waals surface area (Å²) in [6.07, 6.45) is 4.01. The summed E-state index contributed by atoms with van der Waals surface area (Å²) in [5, 5.41) is 4.11. The van der Waals surface area contributed by atoms with E-state index >= 15 is 0 Å². The molecule has 4 rings (SSSR count). The van der Waals surface area contributed by atoms with Gasteiger partial charge in [-0.25, -0.2) is 9.37 Å². The molecule has 0 aliphatic carbocycles. The zero-order chi connectivity index (χ0) is 26.9. The average molecular weight is 507 g/mol. The zero-order valence-corrected chi connectivity index (χ0v) is 21.4. The number of aromatic nitrogens is 3. The molecule has 9 nitrogen and oxygen atoms in total. The number of benzene rings is 1. The molecule has 3 heterocycles. The summed E-state index contributed by atoms with van der Waals surface area (Å²) in [5.41, 5.74) is 7.87. The number of halogens is 1. The summed E-state index contributed by atoms with van der Waals surface area (Å²) in [6, 6.07) is 8.90. The minimum absolute atomic E-state index is 0.0292. The van der Waals surface area contributed by atoms with Crippen LogP contribution in [-0.2, 0) is 27.9 Å². The van der Waals surface area contributed by atoms with Crippen molar-refractivity contribution >= 4 is 29.4 Å². The Hall–Kier alpha value is -4.08. The van der Waals surface area contributed by atoms with Crippen molar-refractivity contribution < 1.29 is 18.8 Å². The topological polar surface area (TPSA) is 114 Å². The molecule has 1 saturated heterocycles. The molecule has 0 spiro atoms. The molecule has 3 aromatic rings. The van der Waals surface area contributed by atoms with Gasteiger partial charge in [0.2, 0.25) is 11.8 Å². The van der Waals surface area contributed by atoms with Gasteiger partial charge in [0.25, 0.3) is 5.91 Å². The van der Waals surface area contributed by atoms with Crippen molar-refractivity contribution in [1.29, 1.82) is 0 Å². The highest BCUT2D eigenvalue weighted by Crippen LogP contribution is 2.35. The second kappa shape index (κ2) is 10.5. The Bertz CT molecular complexity index is 1340. The van der Waals surface area contributed by atoms with Gasteiger partial charge in [-0.05, 0) is 60.6 Å². The van der Waals surface area contributed by atoms with Crippen LogP contribution >= 0.6 is 0 Å². The average Bonchev–Trinajstić information content (AvgIpc) is 3.30. The van der Waals surface area contributed by atoms with Gasteiger partial charge in [0, 0.05) is 32.8 Å². The van der Waals surface area contributed by atoms with E-state index in [0.29, 0.717) is 23.6 Å². The van der Waals surface area contributed by atoms with Crippen LogP contribution in [0.5, 0.6) is 0 Å². The molecule has 3 atom stereocenters. The van der Waals surface area contributed by atoms with Crippen LogP contribution < -0.4 is 10.6 Å². The van der Waals surface area contributed by atoms with E-state index in [4.69, 9.17) is 5.73 Å². The molecule has 2 N–H and O–H groups in total. The molecule has 1 aliphatic rings. The standard InChI is InChI=1S/C27H31FN6O3/c1-5-18(19-6-7-21(28)16(2)12-19)15-24(35)34-25(27(37)32(3)23-9-11-31-33(23)4)20(26(34)36)13-17-8-10-30-22(29)14-17/h6-12,14,18,20,25H,5,13,15H2,1-4H3,(H2,29,30)/t18-,20+,25-/m0/s1. The number of imide groups is 1. The highest BCUT2D eigenvalue weighted by Gasteiger charge is 2.55. The first-order chi connectivity index (χ1) is 17.6. The van der Waals surface area contributed by atoms with Crippen molar-refractivity contribution in [2.75, 3.05) is 17.7 Å². The number of anilines is 2. The number of nitrogen functional groups attached to an aromatic ring is 1. The lowest BCUT2D eigenvalue weighted by molar-refractivity contribution is -0.170. The summed E-state index contributed by atoms with van der Waals surface area (Å²) in [4.78, 5) is 46.9. The number of carbonyl (C=O) groups excluding carboxylic acids is 3. The highest BCUT2D eigenvalue weighted by molar-refractivity contribution is 6.12. The number of aryl methyl sites for hydroxylation is 2. The van der Waals surface area contributed by atoms with Crippen LogP contribution in [0.3, 0.4) is 0 Å². The lowest BCUT2D eigenvalue weighted by Gasteiger charge is -2.46. The minimum atomic E-state index is -0.971. The number of carbonyl (C=O) groups is 3.